The van der Waals surface area contributed by atoms with Crippen LogP contribution in [0.2, 0.25) is 0 Å². The quantitative estimate of drug-likeness (QED) is 0.806. The summed E-state index contributed by atoms with van der Waals surface area (Å²) in [5, 5.41) is 3.73. The van der Waals surface area contributed by atoms with E-state index in [1.807, 2.05) is 0 Å². The molecule has 0 heterocycles. The van der Waals surface area contributed by atoms with Crippen molar-refractivity contribution in [1.29, 1.82) is 0 Å². The van der Waals surface area contributed by atoms with E-state index in [1.165, 1.54) is 54.1 Å². The van der Waals surface area contributed by atoms with Crippen LogP contribution in [-0.4, -0.2) is 6.54 Å². The second kappa shape index (κ2) is 5.58. The van der Waals surface area contributed by atoms with Crippen LogP contribution < -0.4 is 5.32 Å². The first kappa shape index (κ1) is 12.4. The van der Waals surface area contributed by atoms with E-state index in [0.29, 0.717) is 6.04 Å². The van der Waals surface area contributed by atoms with Gasteiger partial charge in [0.1, 0.15) is 0 Å². The second-order valence-corrected chi connectivity index (χ2v) is 6.31. The van der Waals surface area contributed by atoms with E-state index in [2.05, 4.69) is 45.5 Å². The summed E-state index contributed by atoms with van der Waals surface area (Å²) >= 11 is 3.55. The van der Waals surface area contributed by atoms with Gasteiger partial charge in [0, 0.05) is 10.5 Å². The fourth-order valence-corrected chi connectivity index (χ4v) is 3.58. The van der Waals surface area contributed by atoms with Gasteiger partial charge in [-0.2, -0.15) is 0 Å². The molecule has 2 aliphatic carbocycles. The van der Waals surface area contributed by atoms with Gasteiger partial charge in [-0.3, -0.25) is 0 Å². The maximum atomic E-state index is 3.73. The van der Waals surface area contributed by atoms with Gasteiger partial charge in [-0.15, -0.1) is 0 Å². The Labute approximate surface area is 118 Å². The third-order valence-corrected chi connectivity index (χ3v) is 4.65. The van der Waals surface area contributed by atoms with E-state index in [9.17, 15) is 0 Å². The standard InChI is InChI=1S/C16H20BrN/c17-14-6-7-15-13(11-14)5-8-16(15)18-10-9-12-3-1-2-4-12/h3,6-7,11,16,18H,1-2,4-5,8-10H2. The Bertz CT molecular complexity index is 464. The molecule has 0 spiro atoms. The van der Waals surface area contributed by atoms with Crippen LogP contribution in [0, 0.1) is 0 Å². The molecule has 0 amide bonds. The van der Waals surface area contributed by atoms with E-state index in [4.69, 9.17) is 0 Å². The molecular formula is C16H20BrN. The lowest BCUT2D eigenvalue weighted by atomic mass is 10.1. The van der Waals surface area contributed by atoms with Crippen molar-refractivity contribution in [1.82, 2.24) is 5.32 Å². The smallest absolute Gasteiger partial charge is 0.0326 e. The Morgan fingerprint density at radius 2 is 2.22 bits per heavy atom. The Balaban J connectivity index is 1.56. The van der Waals surface area contributed by atoms with E-state index in [0.717, 1.165) is 6.54 Å². The van der Waals surface area contributed by atoms with Gasteiger partial charge in [-0.05, 0) is 68.3 Å². The molecule has 2 aliphatic rings. The molecular weight excluding hydrogens is 286 g/mol. The van der Waals surface area contributed by atoms with Crippen molar-refractivity contribution in [3.05, 3.63) is 45.4 Å². The number of hydrogen-bond acceptors (Lipinski definition) is 1. The Hall–Kier alpha value is -0.600. The average Bonchev–Trinajstić information content (AvgIpc) is 2.99. The Morgan fingerprint density at radius 1 is 1.28 bits per heavy atom. The number of fused-ring (bicyclic) bond motifs is 1. The molecule has 0 radical (unpaired) electrons. The van der Waals surface area contributed by atoms with Gasteiger partial charge in [0.15, 0.2) is 0 Å². The van der Waals surface area contributed by atoms with Crippen LogP contribution in [0.25, 0.3) is 0 Å². The third kappa shape index (κ3) is 2.70. The average molecular weight is 306 g/mol. The predicted octanol–water partition coefficient (Wildman–Crippen LogP) is 4.53. The molecule has 96 valence electrons. The summed E-state index contributed by atoms with van der Waals surface area (Å²) in [5.41, 5.74) is 4.69. The van der Waals surface area contributed by atoms with Crippen LogP contribution in [0.5, 0.6) is 0 Å². The number of halogens is 1. The highest BCUT2D eigenvalue weighted by Gasteiger charge is 2.21. The zero-order valence-electron chi connectivity index (χ0n) is 10.7. The molecule has 0 bridgehead atoms. The maximum absolute atomic E-state index is 3.73. The summed E-state index contributed by atoms with van der Waals surface area (Å²) in [6.45, 7) is 1.13. The number of allylic oxidation sites excluding steroid dienone is 1. The highest BCUT2D eigenvalue weighted by molar-refractivity contribution is 9.10. The summed E-state index contributed by atoms with van der Waals surface area (Å²) in [6, 6.07) is 7.29. The van der Waals surface area contributed by atoms with E-state index in [-0.39, 0.29) is 0 Å². The van der Waals surface area contributed by atoms with Crippen molar-refractivity contribution >= 4 is 15.9 Å². The Morgan fingerprint density at radius 3 is 3.06 bits per heavy atom. The molecule has 0 fully saturated rings. The Kier molecular flexibility index (Phi) is 3.86. The zero-order valence-corrected chi connectivity index (χ0v) is 12.3. The predicted molar refractivity (Wildman–Crippen MR) is 79.8 cm³/mol. The van der Waals surface area contributed by atoms with Gasteiger partial charge in [-0.25, -0.2) is 0 Å². The van der Waals surface area contributed by atoms with Gasteiger partial charge >= 0.3 is 0 Å². The number of benzene rings is 1. The minimum Gasteiger partial charge on any atom is -0.310 e. The molecule has 3 rings (SSSR count). The molecule has 18 heavy (non-hydrogen) atoms. The first-order chi connectivity index (χ1) is 8.83. The van der Waals surface area contributed by atoms with Gasteiger partial charge in [-0.1, -0.05) is 33.6 Å². The highest BCUT2D eigenvalue weighted by Crippen LogP contribution is 2.33. The molecule has 0 aromatic heterocycles. The minimum atomic E-state index is 0.579. The number of rotatable bonds is 4. The van der Waals surface area contributed by atoms with Crippen LogP contribution >= 0.6 is 15.9 Å². The lowest BCUT2D eigenvalue weighted by molar-refractivity contribution is 0.531. The third-order valence-electron chi connectivity index (χ3n) is 4.15. The SMILES string of the molecule is Brc1ccc2c(c1)CCC2NCCC1=CCCC1. The monoisotopic (exact) mass is 305 g/mol. The highest BCUT2D eigenvalue weighted by atomic mass is 79.9. The van der Waals surface area contributed by atoms with E-state index >= 15 is 0 Å². The maximum Gasteiger partial charge on any atom is 0.0326 e. The van der Waals surface area contributed by atoms with Crippen LogP contribution in [0.3, 0.4) is 0 Å². The van der Waals surface area contributed by atoms with Crippen molar-refractivity contribution in [3.63, 3.8) is 0 Å². The normalized spacial score (nSPS) is 22.1. The first-order valence-corrected chi connectivity index (χ1v) is 7.82. The summed E-state index contributed by atoms with van der Waals surface area (Å²) in [7, 11) is 0. The van der Waals surface area contributed by atoms with E-state index < -0.39 is 0 Å². The number of aryl methyl sites for hydroxylation is 1. The van der Waals surface area contributed by atoms with Gasteiger partial charge in [0.05, 0.1) is 0 Å². The molecule has 0 saturated heterocycles. The molecule has 1 unspecified atom stereocenters. The fraction of sp³-hybridized carbons (Fsp3) is 0.500. The molecule has 0 aliphatic heterocycles. The lowest BCUT2D eigenvalue weighted by Gasteiger charge is -2.14. The summed E-state index contributed by atoms with van der Waals surface area (Å²) in [6.07, 6.45) is 10.1. The molecule has 2 heteroatoms. The van der Waals surface area contributed by atoms with Crippen LogP contribution in [0.4, 0.5) is 0 Å². The van der Waals surface area contributed by atoms with Crippen LogP contribution in [0.1, 0.15) is 49.3 Å². The summed E-state index contributed by atoms with van der Waals surface area (Å²) in [4.78, 5) is 0. The van der Waals surface area contributed by atoms with Crippen LogP contribution in [0.15, 0.2) is 34.3 Å². The molecule has 0 saturated carbocycles. The molecule has 1 atom stereocenters. The molecule has 1 aromatic rings. The van der Waals surface area contributed by atoms with Gasteiger partial charge in [0.25, 0.3) is 0 Å². The van der Waals surface area contributed by atoms with Gasteiger partial charge < -0.3 is 5.32 Å². The van der Waals surface area contributed by atoms with Gasteiger partial charge in [0.2, 0.25) is 0 Å². The molecule has 1 N–H and O–H groups in total. The summed E-state index contributed by atoms with van der Waals surface area (Å²) in [5.74, 6) is 0. The van der Waals surface area contributed by atoms with Crippen molar-refractivity contribution < 1.29 is 0 Å². The number of hydrogen-bond donors (Lipinski definition) is 1. The minimum absolute atomic E-state index is 0.579. The number of nitrogens with one attached hydrogen (secondary N) is 1. The largest absolute Gasteiger partial charge is 0.310 e. The topological polar surface area (TPSA) is 12.0 Å². The fourth-order valence-electron chi connectivity index (χ4n) is 3.17. The lowest BCUT2D eigenvalue weighted by Crippen LogP contribution is -2.20. The first-order valence-electron chi connectivity index (χ1n) is 7.02. The van der Waals surface area contributed by atoms with Crippen molar-refractivity contribution in [2.24, 2.45) is 0 Å². The summed E-state index contributed by atoms with van der Waals surface area (Å²) < 4.78 is 1.21. The van der Waals surface area contributed by atoms with Crippen molar-refractivity contribution in [2.45, 2.75) is 44.6 Å². The molecule has 1 nitrogen and oxygen atoms in total. The molecule has 1 aromatic carbocycles. The van der Waals surface area contributed by atoms with Crippen molar-refractivity contribution in [3.8, 4) is 0 Å². The zero-order chi connectivity index (χ0) is 12.4. The second-order valence-electron chi connectivity index (χ2n) is 5.39. The van der Waals surface area contributed by atoms with Crippen molar-refractivity contribution in [2.75, 3.05) is 6.54 Å². The van der Waals surface area contributed by atoms with E-state index in [1.54, 1.807) is 5.57 Å². The van der Waals surface area contributed by atoms with Crippen LogP contribution in [-0.2, 0) is 6.42 Å².